The maximum atomic E-state index is 2.35. The molecule has 42 heavy (non-hydrogen) atoms. The summed E-state index contributed by atoms with van der Waals surface area (Å²) in [6, 6.07) is 49.4. The molecule has 0 aliphatic rings. The van der Waals surface area contributed by atoms with E-state index in [-0.39, 0.29) is 0 Å². The van der Waals surface area contributed by atoms with Crippen LogP contribution in [-0.4, -0.2) is 0 Å². The van der Waals surface area contributed by atoms with Crippen molar-refractivity contribution in [1.29, 1.82) is 0 Å². The molecule has 0 heteroatoms. The van der Waals surface area contributed by atoms with Gasteiger partial charge in [-0.1, -0.05) is 133 Å². The van der Waals surface area contributed by atoms with Gasteiger partial charge < -0.3 is 0 Å². The van der Waals surface area contributed by atoms with Gasteiger partial charge in [-0.3, -0.25) is 0 Å². The summed E-state index contributed by atoms with van der Waals surface area (Å²) in [5, 5.41) is 16.1. The lowest BCUT2D eigenvalue weighted by Gasteiger charge is -2.25. The van der Waals surface area contributed by atoms with Crippen LogP contribution in [0.2, 0.25) is 0 Å². The van der Waals surface area contributed by atoms with E-state index in [4.69, 9.17) is 0 Å². The zero-order valence-corrected chi connectivity index (χ0v) is 23.7. The molecular formula is C42H28. The van der Waals surface area contributed by atoms with Crippen LogP contribution in [0.25, 0.3) is 86.9 Å². The van der Waals surface area contributed by atoms with Crippen LogP contribution >= 0.6 is 0 Å². The fraction of sp³-hybridized carbons (Fsp3) is 0.0476. The van der Waals surface area contributed by atoms with Crippen LogP contribution in [0.3, 0.4) is 0 Å². The van der Waals surface area contributed by atoms with Crippen molar-refractivity contribution in [2.45, 2.75) is 13.8 Å². The third-order valence-corrected chi connectivity index (χ3v) is 9.53. The van der Waals surface area contributed by atoms with E-state index < -0.39 is 0 Å². The second-order valence-electron chi connectivity index (χ2n) is 11.7. The molecule has 0 atom stereocenters. The lowest BCUT2D eigenvalue weighted by Crippen LogP contribution is -1.98. The molecule has 0 bridgehead atoms. The molecule has 0 N–H and O–H groups in total. The molecule has 9 rings (SSSR count). The zero-order valence-electron chi connectivity index (χ0n) is 23.7. The van der Waals surface area contributed by atoms with Gasteiger partial charge in [0.05, 0.1) is 0 Å². The summed E-state index contributed by atoms with van der Waals surface area (Å²) < 4.78 is 0. The molecule has 0 unspecified atom stereocenters. The summed E-state index contributed by atoms with van der Waals surface area (Å²) in [4.78, 5) is 0. The highest BCUT2D eigenvalue weighted by atomic mass is 14.3. The fourth-order valence-electron chi connectivity index (χ4n) is 7.80. The first kappa shape index (κ1) is 23.5. The molecule has 0 aromatic heterocycles. The van der Waals surface area contributed by atoms with E-state index >= 15 is 0 Å². The van der Waals surface area contributed by atoms with Crippen LogP contribution in [0, 0.1) is 13.8 Å². The first-order valence-electron chi connectivity index (χ1n) is 14.8. The Morgan fingerprint density at radius 1 is 0.286 bits per heavy atom. The maximum Gasteiger partial charge on any atom is -0.000730 e. The van der Waals surface area contributed by atoms with Crippen molar-refractivity contribution in [2.75, 3.05) is 0 Å². The zero-order chi connectivity index (χ0) is 27.9. The highest BCUT2D eigenvalue weighted by molar-refractivity contribution is 6.41. The van der Waals surface area contributed by atoms with Crippen LogP contribution in [0.1, 0.15) is 11.1 Å². The molecule has 0 nitrogen and oxygen atoms in total. The van der Waals surface area contributed by atoms with E-state index in [0.717, 1.165) is 0 Å². The van der Waals surface area contributed by atoms with Crippen LogP contribution < -0.4 is 0 Å². The van der Waals surface area contributed by atoms with E-state index in [0.29, 0.717) is 0 Å². The number of rotatable bonds is 2. The van der Waals surface area contributed by atoms with E-state index in [1.165, 1.54) is 98.0 Å². The summed E-state index contributed by atoms with van der Waals surface area (Å²) in [6.07, 6.45) is 0. The molecule has 9 aromatic rings. The molecule has 0 aliphatic heterocycles. The van der Waals surface area contributed by atoms with Crippen LogP contribution in [0.4, 0.5) is 0 Å². The maximum absolute atomic E-state index is 2.35. The molecule has 9 aromatic carbocycles. The molecule has 0 spiro atoms. The first-order valence-corrected chi connectivity index (χ1v) is 14.8. The Kier molecular flexibility index (Phi) is 4.84. The molecule has 0 amide bonds. The molecular weight excluding hydrogens is 504 g/mol. The Labute approximate surface area is 244 Å². The molecule has 0 radical (unpaired) electrons. The summed E-state index contributed by atoms with van der Waals surface area (Å²) in [7, 11) is 0. The van der Waals surface area contributed by atoms with Gasteiger partial charge in [-0.25, -0.2) is 0 Å². The molecule has 0 saturated carbocycles. The molecule has 0 heterocycles. The van der Waals surface area contributed by atoms with Gasteiger partial charge in [0.2, 0.25) is 0 Å². The van der Waals surface area contributed by atoms with Gasteiger partial charge in [0, 0.05) is 0 Å². The summed E-state index contributed by atoms with van der Waals surface area (Å²) in [5.74, 6) is 0. The second kappa shape index (κ2) is 8.65. The van der Waals surface area contributed by atoms with Crippen molar-refractivity contribution >= 4 is 64.6 Å². The SMILES string of the molecule is Cc1c2ccccc2c(C)c2c(-c3ccccc3)c3c4cccc5ccc6cccc(c3c(-c3ccccc3)c12)c6c54. The van der Waals surface area contributed by atoms with Gasteiger partial charge >= 0.3 is 0 Å². The van der Waals surface area contributed by atoms with Crippen LogP contribution in [0.5, 0.6) is 0 Å². The highest BCUT2D eigenvalue weighted by Gasteiger charge is 2.25. The van der Waals surface area contributed by atoms with E-state index in [9.17, 15) is 0 Å². The predicted octanol–water partition coefficient (Wildman–Crippen LogP) is 12.0. The lowest BCUT2D eigenvalue weighted by atomic mass is 9.77. The lowest BCUT2D eigenvalue weighted by molar-refractivity contribution is 1.52. The summed E-state index contributed by atoms with van der Waals surface area (Å²) >= 11 is 0. The molecule has 0 fully saturated rings. The standard InChI is InChI=1S/C42H28/c1-25-31-19-9-10-20-32(31)26(2)36-35(25)39(27-13-5-3-6-14-27)41-33-21-11-17-29-23-24-30-18-12-22-34(38(30)37(29)33)42(41)40(36)28-15-7-4-8-16-28/h3-24H,1-2H3. The quantitative estimate of drug-likeness (QED) is 0.153. The first-order chi connectivity index (χ1) is 20.7. The van der Waals surface area contributed by atoms with Crippen LogP contribution in [-0.2, 0) is 0 Å². The Hall–Kier alpha value is -5.20. The third-order valence-electron chi connectivity index (χ3n) is 9.53. The highest BCUT2D eigenvalue weighted by Crippen LogP contribution is 2.53. The smallest absolute Gasteiger partial charge is 0.000730 e. The Bertz CT molecular complexity index is 2320. The van der Waals surface area contributed by atoms with Gasteiger partial charge in [-0.05, 0) is 112 Å². The minimum absolute atomic E-state index is 1.26. The van der Waals surface area contributed by atoms with Crippen molar-refractivity contribution in [3.8, 4) is 22.3 Å². The fourth-order valence-corrected chi connectivity index (χ4v) is 7.80. The molecule has 0 saturated heterocycles. The number of hydrogen-bond donors (Lipinski definition) is 0. The Balaban J connectivity index is 1.74. The molecule has 196 valence electrons. The average Bonchev–Trinajstić information content (AvgIpc) is 3.06. The van der Waals surface area contributed by atoms with Gasteiger partial charge in [0.15, 0.2) is 0 Å². The second-order valence-corrected chi connectivity index (χ2v) is 11.7. The number of benzene rings is 9. The monoisotopic (exact) mass is 532 g/mol. The van der Waals surface area contributed by atoms with Crippen molar-refractivity contribution in [3.63, 3.8) is 0 Å². The van der Waals surface area contributed by atoms with Gasteiger partial charge in [0.25, 0.3) is 0 Å². The Morgan fingerprint density at radius 2 is 0.667 bits per heavy atom. The van der Waals surface area contributed by atoms with Crippen molar-refractivity contribution in [2.24, 2.45) is 0 Å². The Morgan fingerprint density at radius 3 is 1.10 bits per heavy atom. The summed E-state index contributed by atoms with van der Waals surface area (Å²) in [6.45, 7) is 4.66. The van der Waals surface area contributed by atoms with E-state index in [1.54, 1.807) is 0 Å². The normalized spacial score (nSPS) is 12.0. The van der Waals surface area contributed by atoms with Crippen molar-refractivity contribution in [3.05, 3.63) is 145 Å². The number of fused-ring (bicyclic) bond motifs is 5. The van der Waals surface area contributed by atoms with Crippen molar-refractivity contribution in [1.82, 2.24) is 0 Å². The predicted molar refractivity (Wildman–Crippen MR) is 183 cm³/mol. The largest absolute Gasteiger partial charge is 0.0622 e. The van der Waals surface area contributed by atoms with Gasteiger partial charge in [-0.15, -0.1) is 0 Å². The number of aryl methyl sites for hydroxylation is 2. The van der Waals surface area contributed by atoms with E-state index in [1.807, 2.05) is 0 Å². The van der Waals surface area contributed by atoms with Crippen molar-refractivity contribution < 1.29 is 0 Å². The minimum atomic E-state index is 1.26. The average molecular weight is 533 g/mol. The summed E-state index contributed by atoms with van der Waals surface area (Å²) in [5.41, 5.74) is 7.89. The topological polar surface area (TPSA) is 0 Å². The molecule has 0 aliphatic carbocycles. The van der Waals surface area contributed by atoms with E-state index in [2.05, 4.69) is 147 Å². The number of hydrogen-bond acceptors (Lipinski definition) is 0. The van der Waals surface area contributed by atoms with Gasteiger partial charge in [0.1, 0.15) is 0 Å². The van der Waals surface area contributed by atoms with Crippen LogP contribution in [0.15, 0.2) is 133 Å². The van der Waals surface area contributed by atoms with Gasteiger partial charge in [-0.2, -0.15) is 0 Å². The third kappa shape index (κ3) is 3.02. The minimum Gasteiger partial charge on any atom is -0.0622 e.